The summed E-state index contributed by atoms with van der Waals surface area (Å²) in [6, 6.07) is 33.7. The topological polar surface area (TPSA) is 57.0 Å². The first kappa shape index (κ1) is 23.3. The Morgan fingerprint density at radius 1 is 0.912 bits per heavy atom. The highest BCUT2D eigenvalue weighted by Gasteiger charge is 2.21. The predicted molar refractivity (Wildman–Crippen MR) is 140 cm³/mol. The molecule has 4 rings (SSSR count). The van der Waals surface area contributed by atoms with E-state index in [9.17, 15) is 10.1 Å². The van der Waals surface area contributed by atoms with Gasteiger partial charge in [-0.15, -0.1) is 0 Å². The first-order chi connectivity index (χ1) is 16.6. The molecule has 168 valence electrons. The Balaban J connectivity index is 1.72. The van der Waals surface area contributed by atoms with Crippen LogP contribution >= 0.6 is 11.8 Å². The fourth-order valence-corrected chi connectivity index (χ4v) is 4.72. The van der Waals surface area contributed by atoms with Crippen LogP contribution in [0.1, 0.15) is 19.4 Å². The summed E-state index contributed by atoms with van der Waals surface area (Å²) in [5.41, 5.74) is 4.84. The van der Waals surface area contributed by atoms with Crippen molar-refractivity contribution >= 4 is 23.4 Å². The van der Waals surface area contributed by atoms with Crippen LogP contribution in [0.2, 0.25) is 0 Å². The number of para-hydroxylation sites is 1. The number of carbonyl (C=O) groups excluding carboxylic acids is 1. The van der Waals surface area contributed by atoms with Gasteiger partial charge in [-0.2, -0.15) is 5.26 Å². The molecule has 0 radical (unpaired) electrons. The van der Waals surface area contributed by atoms with Gasteiger partial charge in [0.15, 0.2) is 0 Å². The van der Waals surface area contributed by atoms with E-state index >= 15 is 0 Å². The van der Waals surface area contributed by atoms with Crippen LogP contribution in [-0.2, 0) is 4.79 Å². The van der Waals surface area contributed by atoms with Crippen LogP contribution in [-0.4, -0.2) is 22.7 Å². The van der Waals surface area contributed by atoms with Crippen molar-refractivity contribution < 1.29 is 4.79 Å². The van der Waals surface area contributed by atoms with E-state index in [0.29, 0.717) is 10.6 Å². The number of anilines is 1. The molecule has 1 aromatic heterocycles. The third-order valence-electron chi connectivity index (χ3n) is 5.40. The zero-order valence-electron chi connectivity index (χ0n) is 19.2. The van der Waals surface area contributed by atoms with Gasteiger partial charge in [0.25, 0.3) is 0 Å². The molecule has 4 nitrogen and oxygen atoms in total. The molecule has 0 fully saturated rings. The number of nitrogens with zero attached hydrogens (tertiary/aromatic N) is 3. The van der Waals surface area contributed by atoms with E-state index in [-0.39, 0.29) is 17.7 Å². The maximum atomic E-state index is 13.3. The highest BCUT2D eigenvalue weighted by Crippen LogP contribution is 2.34. The van der Waals surface area contributed by atoms with Gasteiger partial charge in [0.05, 0.1) is 17.0 Å². The van der Waals surface area contributed by atoms with E-state index in [4.69, 9.17) is 4.98 Å². The average molecular weight is 464 g/mol. The maximum Gasteiger partial charge on any atom is 0.237 e. The number of rotatable bonds is 7. The molecule has 1 heterocycles. The molecule has 0 aliphatic carbocycles. The zero-order chi connectivity index (χ0) is 23.9. The van der Waals surface area contributed by atoms with Crippen LogP contribution in [0.15, 0.2) is 102 Å². The van der Waals surface area contributed by atoms with Crippen molar-refractivity contribution in [3.63, 3.8) is 0 Å². The number of thioether (sulfide) groups is 1. The van der Waals surface area contributed by atoms with Crippen LogP contribution < -0.4 is 4.90 Å². The molecule has 5 heteroatoms. The lowest BCUT2D eigenvalue weighted by molar-refractivity contribution is -0.116. The summed E-state index contributed by atoms with van der Waals surface area (Å²) in [6.45, 7) is 4.00. The van der Waals surface area contributed by atoms with Crippen molar-refractivity contribution in [2.24, 2.45) is 0 Å². The van der Waals surface area contributed by atoms with Crippen LogP contribution in [0.3, 0.4) is 0 Å². The highest BCUT2D eigenvalue weighted by molar-refractivity contribution is 8.00. The summed E-state index contributed by atoms with van der Waals surface area (Å²) in [5, 5.41) is 10.6. The third kappa shape index (κ3) is 5.19. The number of hydrogen-bond donors (Lipinski definition) is 0. The Hall–Kier alpha value is -3.88. The summed E-state index contributed by atoms with van der Waals surface area (Å²) < 4.78 is 0. The molecule has 4 aromatic rings. The van der Waals surface area contributed by atoms with Gasteiger partial charge in [-0.3, -0.25) is 4.79 Å². The van der Waals surface area contributed by atoms with E-state index in [1.165, 1.54) is 11.8 Å². The summed E-state index contributed by atoms with van der Waals surface area (Å²) in [4.78, 5) is 19.9. The maximum absolute atomic E-state index is 13.3. The third-order valence-corrected chi connectivity index (χ3v) is 6.36. The predicted octanol–water partition coefficient (Wildman–Crippen LogP) is 6.82. The average Bonchev–Trinajstić information content (AvgIpc) is 2.88. The van der Waals surface area contributed by atoms with Crippen molar-refractivity contribution in [2.75, 3.05) is 10.7 Å². The standard InChI is InChI=1S/C29H25N3OS/c1-21(2)32(24-16-10-5-11-17-24)28(33)20-34-29-26(19-30)25(22-12-6-3-7-13-22)18-27(31-29)23-14-8-4-9-15-23/h3-18,21H,20H2,1-2H3. The summed E-state index contributed by atoms with van der Waals surface area (Å²) >= 11 is 1.31. The van der Waals surface area contributed by atoms with Gasteiger partial charge in [0.1, 0.15) is 11.1 Å². The quantitative estimate of drug-likeness (QED) is 0.282. The number of benzene rings is 3. The molecule has 0 N–H and O–H groups in total. The lowest BCUT2D eigenvalue weighted by atomic mass is 9.99. The molecule has 0 spiro atoms. The fourth-order valence-electron chi connectivity index (χ4n) is 3.85. The van der Waals surface area contributed by atoms with Gasteiger partial charge < -0.3 is 4.90 Å². The Labute approximate surface area is 204 Å². The normalized spacial score (nSPS) is 10.6. The van der Waals surface area contributed by atoms with Crippen molar-refractivity contribution in [1.82, 2.24) is 4.98 Å². The van der Waals surface area contributed by atoms with Crippen molar-refractivity contribution in [2.45, 2.75) is 24.9 Å². The second-order valence-electron chi connectivity index (χ2n) is 8.06. The van der Waals surface area contributed by atoms with Crippen LogP contribution in [0.25, 0.3) is 22.4 Å². The molecule has 0 bridgehead atoms. The highest BCUT2D eigenvalue weighted by atomic mass is 32.2. The number of carbonyl (C=O) groups is 1. The molecule has 1 amide bonds. The van der Waals surface area contributed by atoms with Crippen molar-refractivity contribution in [3.05, 3.63) is 103 Å². The van der Waals surface area contributed by atoms with Gasteiger partial charge in [0.2, 0.25) is 5.91 Å². The summed E-state index contributed by atoms with van der Waals surface area (Å²) in [7, 11) is 0. The second kappa shape index (κ2) is 10.8. The molecular formula is C29H25N3OS. The zero-order valence-corrected chi connectivity index (χ0v) is 20.0. The Bertz CT molecular complexity index is 1300. The number of hydrogen-bond acceptors (Lipinski definition) is 4. The molecule has 34 heavy (non-hydrogen) atoms. The van der Waals surface area contributed by atoms with Crippen molar-refractivity contribution in [3.8, 4) is 28.5 Å². The molecule has 0 saturated heterocycles. The van der Waals surface area contributed by atoms with Crippen LogP contribution in [0.5, 0.6) is 0 Å². The molecule has 3 aromatic carbocycles. The van der Waals surface area contributed by atoms with E-state index < -0.39 is 0 Å². The van der Waals surface area contributed by atoms with Gasteiger partial charge in [-0.05, 0) is 37.6 Å². The van der Waals surface area contributed by atoms with Gasteiger partial charge in [-0.1, -0.05) is 90.6 Å². The van der Waals surface area contributed by atoms with Crippen LogP contribution in [0, 0.1) is 11.3 Å². The first-order valence-electron chi connectivity index (χ1n) is 11.1. The minimum atomic E-state index is -0.0248. The van der Waals surface area contributed by atoms with Crippen LogP contribution in [0.4, 0.5) is 5.69 Å². The molecule has 0 saturated carbocycles. The fraction of sp³-hybridized carbons (Fsp3) is 0.138. The van der Waals surface area contributed by atoms with E-state index in [2.05, 4.69) is 6.07 Å². The number of nitriles is 1. The SMILES string of the molecule is CC(C)N(C(=O)CSc1nc(-c2ccccc2)cc(-c2ccccc2)c1C#N)c1ccccc1. The van der Waals surface area contributed by atoms with E-state index in [1.807, 2.05) is 111 Å². The lowest BCUT2D eigenvalue weighted by Gasteiger charge is -2.27. The Morgan fingerprint density at radius 2 is 1.47 bits per heavy atom. The summed E-state index contributed by atoms with van der Waals surface area (Å²) in [5.74, 6) is 0.157. The lowest BCUT2D eigenvalue weighted by Crippen LogP contribution is -2.38. The summed E-state index contributed by atoms with van der Waals surface area (Å²) in [6.07, 6.45) is 0. The van der Waals surface area contributed by atoms with E-state index in [1.54, 1.807) is 4.90 Å². The largest absolute Gasteiger partial charge is 0.309 e. The smallest absolute Gasteiger partial charge is 0.237 e. The van der Waals surface area contributed by atoms with Gasteiger partial charge >= 0.3 is 0 Å². The number of pyridine rings is 1. The Kier molecular flexibility index (Phi) is 7.41. The Morgan fingerprint density at radius 3 is 2.03 bits per heavy atom. The van der Waals surface area contributed by atoms with E-state index in [0.717, 1.165) is 28.1 Å². The van der Waals surface area contributed by atoms with Gasteiger partial charge in [0, 0.05) is 22.9 Å². The second-order valence-corrected chi connectivity index (χ2v) is 9.02. The number of aromatic nitrogens is 1. The minimum absolute atomic E-state index is 0.00873. The van der Waals surface area contributed by atoms with Crippen molar-refractivity contribution in [1.29, 1.82) is 5.26 Å². The number of amides is 1. The molecule has 0 atom stereocenters. The van der Waals surface area contributed by atoms with Gasteiger partial charge in [-0.25, -0.2) is 4.98 Å². The monoisotopic (exact) mass is 463 g/mol. The molecule has 0 aliphatic rings. The minimum Gasteiger partial charge on any atom is -0.309 e. The molecular weight excluding hydrogens is 438 g/mol. The first-order valence-corrected chi connectivity index (χ1v) is 12.1. The molecule has 0 aliphatic heterocycles. The molecule has 0 unspecified atom stereocenters.